The predicted octanol–water partition coefficient (Wildman–Crippen LogP) is 4.69. The molecule has 2 heteroatoms. The van der Waals surface area contributed by atoms with E-state index in [9.17, 15) is 9.90 Å². The molecule has 0 radical (unpaired) electrons. The van der Waals surface area contributed by atoms with Crippen LogP contribution in [0.5, 0.6) is 0 Å². The Hall–Kier alpha value is -1.31. The highest BCUT2D eigenvalue weighted by molar-refractivity contribution is 5.71. The first-order chi connectivity index (χ1) is 9.51. The van der Waals surface area contributed by atoms with Gasteiger partial charge >= 0.3 is 5.97 Å². The largest absolute Gasteiger partial charge is 0.481 e. The van der Waals surface area contributed by atoms with Gasteiger partial charge in [-0.25, -0.2) is 0 Å². The molecule has 110 valence electrons. The Bertz CT molecular complexity index is 458. The third kappa shape index (κ3) is 3.41. The van der Waals surface area contributed by atoms with Crippen molar-refractivity contribution in [2.75, 3.05) is 0 Å². The minimum atomic E-state index is -0.621. The van der Waals surface area contributed by atoms with Crippen LogP contribution in [0.2, 0.25) is 0 Å². The molecule has 0 amide bonds. The zero-order chi connectivity index (χ0) is 14.7. The van der Waals surface area contributed by atoms with E-state index in [0.29, 0.717) is 5.92 Å². The molecule has 0 aromatic heterocycles. The molecule has 0 bridgehead atoms. The lowest BCUT2D eigenvalue weighted by Crippen LogP contribution is -2.29. The van der Waals surface area contributed by atoms with Gasteiger partial charge < -0.3 is 5.11 Å². The lowest BCUT2D eigenvalue weighted by Gasteiger charge is -2.34. The van der Waals surface area contributed by atoms with Crippen molar-refractivity contribution in [2.45, 2.75) is 58.8 Å². The van der Waals surface area contributed by atoms with Gasteiger partial charge in [-0.1, -0.05) is 49.1 Å². The molecule has 1 aromatic carbocycles. The number of rotatable bonds is 4. The highest BCUT2D eigenvalue weighted by atomic mass is 16.4. The van der Waals surface area contributed by atoms with Gasteiger partial charge in [0.25, 0.3) is 0 Å². The zero-order valence-electron chi connectivity index (χ0n) is 12.9. The Balaban J connectivity index is 2.28. The Labute approximate surface area is 122 Å². The van der Waals surface area contributed by atoms with E-state index < -0.39 is 5.97 Å². The fraction of sp³-hybridized carbons (Fsp3) is 0.611. The van der Waals surface area contributed by atoms with Crippen LogP contribution in [0.4, 0.5) is 0 Å². The fourth-order valence-electron chi connectivity index (χ4n) is 3.82. The van der Waals surface area contributed by atoms with E-state index in [1.807, 2.05) is 0 Å². The van der Waals surface area contributed by atoms with Gasteiger partial charge in [-0.2, -0.15) is 0 Å². The van der Waals surface area contributed by atoms with E-state index in [0.717, 1.165) is 19.3 Å². The average Bonchev–Trinajstić information content (AvgIpc) is 2.37. The summed E-state index contributed by atoms with van der Waals surface area (Å²) in [5.41, 5.74) is 3.71. The first-order valence-corrected chi connectivity index (χ1v) is 7.82. The smallest absolute Gasteiger partial charge is 0.307 e. The minimum absolute atomic E-state index is 0.191. The topological polar surface area (TPSA) is 37.3 Å². The summed E-state index contributed by atoms with van der Waals surface area (Å²) in [6, 6.07) is 6.52. The first-order valence-electron chi connectivity index (χ1n) is 7.82. The van der Waals surface area contributed by atoms with Gasteiger partial charge in [-0.3, -0.25) is 4.79 Å². The summed E-state index contributed by atoms with van der Waals surface area (Å²) in [4.78, 5) is 11.6. The van der Waals surface area contributed by atoms with Crippen molar-refractivity contribution in [3.63, 3.8) is 0 Å². The van der Waals surface area contributed by atoms with Crippen LogP contribution in [0.15, 0.2) is 18.2 Å². The van der Waals surface area contributed by atoms with Gasteiger partial charge in [0.2, 0.25) is 0 Å². The van der Waals surface area contributed by atoms with Crippen molar-refractivity contribution in [3.8, 4) is 0 Å². The van der Waals surface area contributed by atoms with Crippen LogP contribution in [0, 0.1) is 25.7 Å². The number of benzene rings is 1. The van der Waals surface area contributed by atoms with Crippen LogP contribution in [0.3, 0.4) is 0 Å². The van der Waals surface area contributed by atoms with Crippen LogP contribution in [-0.4, -0.2) is 11.1 Å². The van der Waals surface area contributed by atoms with Crippen molar-refractivity contribution in [3.05, 3.63) is 34.9 Å². The molecule has 1 aliphatic carbocycles. The second kappa shape index (κ2) is 6.43. The number of aryl methyl sites for hydroxylation is 2. The summed E-state index contributed by atoms with van der Waals surface area (Å²) in [6.45, 7) is 6.41. The molecule has 2 rings (SSSR count). The highest BCUT2D eigenvalue weighted by Gasteiger charge is 2.35. The number of hydrogen-bond donors (Lipinski definition) is 1. The highest BCUT2D eigenvalue weighted by Crippen LogP contribution is 2.42. The second-order valence-electron chi connectivity index (χ2n) is 6.44. The second-order valence-corrected chi connectivity index (χ2v) is 6.44. The van der Waals surface area contributed by atoms with E-state index >= 15 is 0 Å². The van der Waals surface area contributed by atoms with E-state index in [-0.39, 0.29) is 11.8 Å². The number of aliphatic carboxylic acids is 1. The maximum atomic E-state index is 11.6. The Morgan fingerprint density at radius 1 is 1.20 bits per heavy atom. The van der Waals surface area contributed by atoms with Crippen LogP contribution < -0.4 is 0 Å². The normalized spacial score (nSPS) is 26.4. The van der Waals surface area contributed by atoms with Crippen molar-refractivity contribution >= 4 is 5.97 Å². The third-order valence-corrected chi connectivity index (χ3v) is 4.65. The molecule has 0 spiro atoms. The van der Waals surface area contributed by atoms with Crippen molar-refractivity contribution in [1.82, 2.24) is 0 Å². The zero-order valence-corrected chi connectivity index (χ0v) is 12.9. The number of carbonyl (C=O) groups is 1. The molecule has 0 heterocycles. The van der Waals surface area contributed by atoms with E-state index in [2.05, 4.69) is 39.0 Å². The van der Waals surface area contributed by atoms with E-state index in [4.69, 9.17) is 0 Å². The lowest BCUT2D eigenvalue weighted by molar-refractivity contribution is -0.143. The number of carboxylic acid groups (broad SMARTS) is 1. The van der Waals surface area contributed by atoms with Gasteiger partial charge in [-0.15, -0.1) is 0 Å². The molecule has 1 aromatic rings. The lowest BCUT2D eigenvalue weighted by atomic mass is 9.70. The SMILES string of the molecule is CCCC1CCC(C(=O)O)C(c2cc(C)cc(C)c2)C1. The molecular weight excluding hydrogens is 248 g/mol. The van der Waals surface area contributed by atoms with Gasteiger partial charge in [0.15, 0.2) is 0 Å². The molecule has 1 saturated carbocycles. The maximum absolute atomic E-state index is 11.6. The summed E-state index contributed by atoms with van der Waals surface area (Å²) in [7, 11) is 0. The van der Waals surface area contributed by atoms with Crippen LogP contribution in [-0.2, 0) is 4.79 Å². The maximum Gasteiger partial charge on any atom is 0.307 e. The molecule has 1 aliphatic rings. The van der Waals surface area contributed by atoms with E-state index in [1.54, 1.807) is 0 Å². The monoisotopic (exact) mass is 274 g/mol. The molecule has 1 N–H and O–H groups in total. The molecule has 20 heavy (non-hydrogen) atoms. The van der Waals surface area contributed by atoms with Crippen LogP contribution in [0.1, 0.15) is 61.6 Å². The van der Waals surface area contributed by atoms with Crippen LogP contribution in [0.25, 0.3) is 0 Å². The van der Waals surface area contributed by atoms with Crippen molar-refractivity contribution in [1.29, 1.82) is 0 Å². The van der Waals surface area contributed by atoms with Crippen LogP contribution >= 0.6 is 0 Å². The van der Waals surface area contributed by atoms with Gasteiger partial charge in [-0.05, 0) is 50.5 Å². The number of hydrogen-bond acceptors (Lipinski definition) is 1. The van der Waals surface area contributed by atoms with Gasteiger partial charge in [0.1, 0.15) is 0 Å². The summed E-state index contributed by atoms with van der Waals surface area (Å²) < 4.78 is 0. The number of carboxylic acids is 1. The Morgan fingerprint density at radius 3 is 2.40 bits per heavy atom. The Morgan fingerprint density at radius 2 is 1.85 bits per heavy atom. The summed E-state index contributed by atoms with van der Waals surface area (Å²) in [5.74, 6) is 0.0613. The summed E-state index contributed by atoms with van der Waals surface area (Å²) >= 11 is 0. The molecule has 0 aliphatic heterocycles. The molecule has 1 fully saturated rings. The quantitative estimate of drug-likeness (QED) is 0.865. The molecule has 0 saturated heterocycles. The van der Waals surface area contributed by atoms with Crippen molar-refractivity contribution in [2.24, 2.45) is 11.8 Å². The molecule has 2 nitrogen and oxygen atoms in total. The third-order valence-electron chi connectivity index (χ3n) is 4.65. The van der Waals surface area contributed by atoms with Crippen molar-refractivity contribution < 1.29 is 9.90 Å². The van der Waals surface area contributed by atoms with Gasteiger partial charge in [0, 0.05) is 0 Å². The Kier molecular flexibility index (Phi) is 4.85. The van der Waals surface area contributed by atoms with Gasteiger partial charge in [0.05, 0.1) is 5.92 Å². The minimum Gasteiger partial charge on any atom is -0.481 e. The summed E-state index contributed by atoms with van der Waals surface area (Å²) in [6.07, 6.45) is 5.37. The van der Waals surface area contributed by atoms with E-state index in [1.165, 1.54) is 29.5 Å². The molecule has 3 atom stereocenters. The average molecular weight is 274 g/mol. The molecular formula is C18H26O2. The predicted molar refractivity (Wildman–Crippen MR) is 82.0 cm³/mol. The summed E-state index contributed by atoms with van der Waals surface area (Å²) in [5, 5.41) is 9.52. The molecule has 3 unspecified atom stereocenters. The standard InChI is InChI=1S/C18H26O2/c1-4-5-14-6-7-16(18(19)20)17(11-14)15-9-12(2)8-13(3)10-15/h8-10,14,16-17H,4-7,11H2,1-3H3,(H,19,20). The first kappa shape index (κ1) is 15.1. The fourth-order valence-corrected chi connectivity index (χ4v) is 3.82.